The quantitative estimate of drug-likeness (QED) is 0.571. The Morgan fingerprint density at radius 3 is 2.73 bits per heavy atom. The van der Waals surface area contributed by atoms with E-state index in [4.69, 9.17) is 0 Å². The van der Waals surface area contributed by atoms with Crippen LogP contribution in [0.5, 0.6) is 5.88 Å². The lowest BCUT2D eigenvalue weighted by atomic mass is 9.98. The number of H-pyrrole nitrogens is 1. The Bertz CT molecular complexity index is 1170. The van der Waals surface area contributed by atoms with Crippen molar-refractivity contribution < 1.29 is 5.11 Å². The van der Waals surface area contributed by atoms with Crippen molar-refractivity contribution in [3.63, 3.8) is 0 Å². The highest BCUT2D eigenvalue weighted by Gasteiger charge is 2.23. The topological polar surface area (TPSA) is 104 Å². The second-order valence-electron chi connectivity index (χ2n) is 7.01. The number of hydrogen-bond acceptors (Lipinski definition) is 6. The largest absolute Gasteiger partial charge is 0.493 e. The Labute approximate surface area is 180 Å². The zero-order valence-corrected chi connectivity index (χ0v) is 17.6. The Morgan fingerprint density at radius 2 is 2.00 bits per heavy atom. The van der Waals surface area contributed by atoms with Crippen molar-refractivity contribution in [1.29, 1.82) is 0 Å². The van der Waals surface area contributed by atoms with Crippen molar-refractivity contribution in [3.05, 3.63) is 85.2 Å². The van der Waals surface area contributed by atoms with E-state index in [1.165, 1.54) is 6.21 Å². The van der Waals surface area contributed by atoms with Gasteiger partial charge in [-0.15, -0.1) is 0 Å². The Balaban J connectivity index is 1.71. The van der Waals surface area contributed by atoms with Crippen molar-refractivity contribution in [3.8, 4) is 11.6 Å². The van der Waals surface area contributed by atoms with Crippen molar-refractivity contribution in [2.45, 2.75) is 25.3 Å². The highest BCUT2D eigenvalue weighted by Crippen LogP contribution is 2.30. The van der Waals surface area contributed by atoms with Gasteiger partial charge in [0.2, 0.25) is 5.88 Å². The number of halogens is 1. The van der Waals surface area contributed by atoms with E-state index in [0.29, 0.717) is 5.69 Å². The van der Waals surface area contributed by atoms with Gasteiger partial charge < -0.3 is 5.11 Å². The molecule has 0 aliphatic carbocycles. The van der Waals surface area contributed by atoms with Crippen LogP contribution in [0.15, 0.2) is 68.0 Å². The predicted molar refractivity (Wildman–Crippen MR) is 117 cm³/mol. The maximum atomic E-state index is 12.4. The van der Waals surface area contributed by atoms with Gasteiger partial charge in [-0.05, 0) is 55.2 Å². The van der Waals surface area contributed by atoms with E-state index in [9.17, 15) is 14.7 Å². The maximum absolute atomic E-state index is 12.4. The molecule has 1 aliphatic rings. The molecule has 1 atom stereocenters. The molecule has 0 bridgehead atoms. The number of pyridine rings is 1. The molecule has 1 unspecified atom stereocenters. The Morgan fingerprint density at radius 1 is 1.20 bits per heavy atom. The summed E-state index contributed by atoms with van der Waals surface area (Å²) in [6, 6.07) is 10.7. The Hall–Kier alpha value is -3.20. The molecule has 0 amide bonds. The zero-order valence-electron chi connectivity index (χ0n) is 16.0. The summed E-state index contributed by atoms with van der Waals surface area (Å²) in [5.74, 6) is -0.454. The van der Waals surface area contributed by atoms with E-state index < -0.39 is 17.1 Å². The molecule has 0 saturated carbocycles. The van der Waals surface area contributed by atoms with E-state index in [-0.39, 0.29) is 11.6 Å². The summed E-state index contributed by atoms with van der Waals surface area (Å²) in [6.07, 6.45) is 7.83. The summed E-state index contributed by atoms with van der Waals surface area (Å²) < 4.78 is 1.88. The van der Waals surface area contributed by atoms with Crippen LogP contribution in [0.3, 0.4) is 0 Å². The molecule has 9 heteroatoms. The molecular weight excluding hydrogens is 450 g/mol. The number of nitrogens with one attached hydrogen (secondary N) is 1. The summed E-state index contributed by atoms with van der Waals surface area (Å²) in [5, 5.41) is 17.1. The molecule has 2 aromatic heterocycles. The minimum absolute atomic E-state index is 0.0438. The summed E-state index contributed by atoms with van der Waals surface area (Å²) >= 11 is 3.34. The van der Waals surface area contributed by atoms with Crippen LogP contribution >= 0.6 is 15.9 Å². The monoisotopic (exact) mass is 469 g/mol. The van der Waals surface area contributed by atoms with Gasteiger partial charge in [0.05, 0.1) is 17.9 Å². The third-order valence-corrected chi connectivity index (χ3v) is 5.61. The number of hydrogen-bond donors (Lipinski definition) is 2. The van der Waals surface area contributed by atoms with Gasteiger partial charge in [-0.25, -0.2) is 9.36 Å². The highest BCUT2D eigenvalue weighted by molar-refractivity contribution is 9.10. The first kappa shape index (κ1) is 20.1. The molecule has 0 radical (unpaired) electrons. The number of benzene rings is 1. The molecule has 1 fully saturated rings. The SMILES string of the molecule is O=c1[nH]c(=O)n(-c2ccc(Br)cc2)c(O)c1/C=N/N1CCCCC1c1cccnc1. The van der Waals surface area contributed by atoms with Crippen molar-refractivity contribution in [1.82, 2.24) is 19.5 Å². The average molecular weight is 470 g/mol. The normalized spacial score (nSPS) is 16.8. The van der Waals surface area contributed by atoms with Crippen molar-refractivity contribution in [2.24, 2.45) is 5.10 Å². The van der Waals surface area contributed by atoms with Crippen LogP contribution in [-0.4, -0.2) is 37.4 Å². The lowest BCUT2D eigenvalue weighted by molar-refractivity contribution is 0.156. The number of hydrazone groups is 1. The van der Waals surface area contributed by atoms with Crippen LogP contribution in [-0.2, 0) is 0 Å². The third-order valence-electron chi connectivity index (χ3n) is 5.08. The van der Waals surface area contributed by atoms with Crippen LogP contribution in [0, 0.1) is 0 Å². The van der Waals surface area contributed by atoms with Gasteiger partial charge in [-0.2, -0.15) is 5.10 Å². The molecule has 2 N–H and O–H groups in total. The van der Waals surface area contributed by atoms with Gasteiger partial charge in [-0.1, -0.05) is 22.0 Å². The number of nitrogens with zero attached hydrogens (tertiary/aromatic N) is 4. The molecule has 154 valence electrons. The average Bonchev–Trinajstić information content (AvgIpc) is 2.75. The fraction of sp³-hybridized carbons (Fsp3) is 0.238. The summed E-state index contributed by atoms with van der Waals surface area (Å²) in [6.45, 7) is 0.723. The fourth-order valence-corrected chi connectivity index (χ4v) is 3.85. The molecule has 1 aliphatic heterocycles. The molecule has 1 aromatic carbocycles. The molecule has 1 saturated heterocycles. The minimum atomic E-state index is -0.719. The molecular formula is C21H20BrN5O3. The lowest BCUT2D eigenvalue weighted by Crippen LogP contribution is -2.32. The summed E-state index contributed by atoms with van der Waals surface area (Å²) in [5.41, 5.74) is -0.00844. The Kier molecular flexibility index (Phi) is 5.80. The summed E-state index contributed by atoms with van der Waals surface area (Å²) in [7, 11) is 0. The summed E-state index contributed by atoms with van der Waals surface area (Å²) in [4.78, 5) is 31.1. The minimum Gasteiger partial charge on any atom is -0.493 e. The third kappa shape index (κ3) is 4.06. The molecule has 4 rings (SSSR count). The standard InChI is InChI=1S/C21H20BrN5O3/c22-15-6-8-16(9-7-15)27-20(29)17(19(28)25-21(27)30)13-24-26-11-2-1-5-18(26)14-4-3-10-23-12-14/h3-4,6-10,12-13,18,29H,1-2,5,11H2,(H,25,28,30)/b24-13+. The smallest absolute Gasteiger partial charge is 0.335 e. The molecule has 8 nitrogen and oxygen atoms in total. The molecule has 0 spiro atoms. The second kappa shape index (κ2) is 8.66. The zero-order chi connectivity index (χ0) is 21.1. The van der Waals surface area contributed by atoms with E-state index in [1.807, 2.05) is 23.3 Å². The maximum Gasteiger partial charge on any atom is 0.335 e. The second-order valence-corrected chi connectivity index (χ2v) is 7.93. The van der Waals surface area contributed by atoms with Crippen LogP contribution in [0.2, 0.25) is 0 Å². The van der Waals surface area contributed by atoms with Crippen LogP contribution < -0.4 is 11.2 Å². The first-order chi connectivity index (χ1) is 14.5. The fourth-order valence-electron chi connectivity index (χ4n) is 3.58. The predicted octanol–water partition coefficient (Wildman–Crippen LogP) is 2.95. The van der Waals surface area contributed by atoms with Gasteiger partial charge in [0.25, 0.3) is 5.56 Å². The van der Waals surface area contributed by atoms with Crippen LogP contribution in [0.4, 0.5) is 0 Å². The number of rotatable bonds is 4. The van der Waals surface area contributed by atoms with E-state index >= 15 is 0 Å². The lowest BCUT2D eigenvalue weighted by Gasteiger charge is -2.33. The van der Waals surface area contributed by atoms with Gasteiger partial charge in [-0.3, -0.25) is 19.8 Å². The van der Waals surface area contributed by atoms with Gasteiger partial charge in [0, 0.05) is 23.4 Å². The van der Waals surface area contributed by atoms with Crippen LogP contribution in [0.1, 0.15) is 36.4 Å². The number of aromatic hydroxyl groups is 1. The molecule has 3 heterocycles. The first-order valence-electron chi connectivity index (χ1n) is 9.59. The highest BCUT2D eigenvalue weighted by atomic mass is 79.9. The van der Waals surface area contributed by atoms with Gasteiger partial charge in [0.1, 0.15) is 5.56 Å². The number of piperidine rings is 1. The van der Waals surface area contributed by atoms with E-state index in [1.54, 1.807) is 30.5 Å². The number of aromatic nitrogens is 3. The first-order valence-corrected chi connectivity index (χ1v) is 10.4. The molecule has 30 heavy (non-hydrogen) atoms. The van der Waals surface area contributed by atoms with Gasteiger partial charge in [0.15, 0.2) is 0 Å². The molecule has 3 aromatic rings. The van der Waals surface area contributed by atoms with Gasteiger partial charge >= 0.3 is 5.69 Å². The van der Waals surface area contributed by atoms with E-state index in [0.717, 1.165) is 40.4 Å². The van der Waals surface area contributed by atoms with E-state index in [2.05, 4.69) is 31.0 Å². The van der Waals surface area contributed by atoms with Crippen LogP contribution in [0.25, 0.3) is 5.69 Å². The number of aromatic amines is 1. The van der Waals surface area contributed by atoms with Crippen molar-refractivity contribution >= 4 is 22.1 Å². The van der Waals surface area contributed by atoms with Crippen molar-refractivity contribution in [2.75, 3.05) is 6.54 Å².